The number of benzene rings is 1. The number of aromatic amines is 1. The second kappa shape index (κ2) is 9.82. The van der Waals surface area contributed by atoms with Gasteiger partial charge in [-0.2, -0.15) is 0 Å². The zero-order chi connectivity index (χ0) is 25.4. The van der Waals surface area contributed by atoms with E-state index in [0.717, 1.165) is 41.7 Å². The summed E-state index contributed by atoms with van der Waals surface area (Å²) in [6.07, 6.45) is 10.2. The highest BCUT2D eigenvalue weighted by Gasteiger charge is 2.24. The lowest BCUT2D eigenvalue weighted by Gasteiger charge is -2.22. The molecule has 0 bridgehead atoms. The largest absolute Gasteiger partial charge is 0.338 e. The molecule has 0 aliphatic carbocycles. The van der Waals surface area contributed by atoms with Crippen molar-refractivity contribution in [3.8, 4) is 22.4 Å². The van der Waals surface area contributed by atoms with Crippen LogP contribution in [0.3, 0.4) is 0 Å². The number of nitrogens with zero attached hydrogens (tertiary/aromatic N) is 4. The molecule has 1 aliphatic rings. The summed E-state index contributed by atoms with van der Waals surface area (Å²) in [5.74, 6) is -0.276. The third-order valence-electron chi connectivity index (χ3n) is 7.52. The third-order valence-corrected chi connectivity index (χ3v) is 7.52. The number of likely N-dealkylation sites (tertiary alicyclic amines) is 1. The Labute approximate surface area is 214 Å². The number of hydrogen-bond acceptors (Lipinski definition) is 5. The van der Waals surface area contributed by atoms with Crippen molar-refractivity contribution in [3.05, 3.63) is 78.6 Å². The molecule has 5 heterocycles. The maximum atomic E-state index is 15.3. The van der Waals surface area contributed by atoms with Crippen molar-refractivity contribution in [1.29, 1.82) is 0 Å². The van der Waals surface area contributed by atoms with Gasteiger partial charge in [0.1, 0.15) is 11.5 Å². The molecule has 1 aromatic carbocycles. The summed E-state index contributed by atoms with van der Waals surface area (Å²) >= 11 is 0. The maximum absolute atomic E-state index is 15.3. The van der Waals surface area contributed by atoms with Gasteiger partial charge in [0.15, 0.2) is 5.78 Å². The van der Waals surface area contributed by atoms with E-state index in [2.05, 4.69) is 31.8 Å². The van der Waals surface area contributed by atoms with Crippen molar-refractivity contribution >= 4 is 27.7 Å². The molecule has 4 aromatic heterocycles. The van der Waals surface area contributed by atoms with Crippen LogP contribution in [0.5, 0.6) is 0 Å². The predicted octanol–water partition coefficient (Wildman–Crippen LogP) is 6.43. The smallest absolute Gasteiger partial charge is 0.162 e. The van der Waals surface area contributed by atoms with E-state index in [1.54, 1.807) is 18.6 Å². The molecule has 186 valence electrons. The number of H-pyrrole nitrogens is 1. The van der Waals surface area contributed by atoms with Crippen LogP contribution in [0.4, 0.5) is 4.39 Å². The Balaban J connectivity index is 1.33. The third kappa shape index (κ3) is 4.40. The first-order chi connectivity index (χ1) is 18.1. The number of ketones is 1. The van der Waals surface area contributed by atoms with Gasteiger partial charge in [-0.25, -0.2) is 9.37 Å². The van der Waals surface area contributed by atoms with Gasteiger partial charge in [0.05, 0.1) is 23.6 Å². The quantitative estimate of drug-likeness (QED) is 0.265. The van der Waals surface area contributed by atoms with Gasteiger partial charge in [0.2, 0.25) is 0 Å². The highest BCUT2D eigenvalue weighted by Crippen LogP contribution is 2.36. The number of hydrogen-bond donors (Lipinski definition) is 1. The SMILES string of the molecule is CCN1CCC[C@H]1CCC(=O)c1ccc(-c2c(F)cnc3[nH]c4cnc(-c5cccnc5)cc4c23)cc1. The van der Waals surface area contributed by atoms with Gasteiger partial charge in [-0.1, -0.05) is 31.2 Å². The molecule has 0 spiro atoms. The summed E-state index contributed by atoms with van der Waals surface area (Å²) in [6, 6.07) is 13.5. The molecule has 1 aliphatic heterocycles. The number of nitrogens with one attached hydrogen (secondary N) is 1. The Kier molecular flexibility index (Phi) is 6.22. The minimum atomic E-state index is -0.409. The average Bonchev–Trinajstić information content (AvgIpc) is 3.56. The fourth-order valence-electron chi connectivity index (χ4n) is 5.59. The second-order valence-electron chi connectivity index (χ2n) is 9.65. The van der Waals surface area contributed by atoms with E-state index in [9.17, 15) is 4.79 Å². The van der Waals surface area contributed by atoms with Gasteiger partial charge >= 0.3 is 0 Å². The van der Waals surface area contributed by atoms with Crippen LogP contribution in [-0.2, 0) is 0 Å². The van der Waals surface area contributed by atoms with E-state index >= 15 is 4.39 Å². The molecule has 5 aromatic rings. The minimum absolute atomic E-state index is 0.133. The van der Waals surface area contributed by atoms with Gasteiger partial charge in [0.25, 0.3) is 0 Å². The van der Waals surface area contributed by atoms with E-state index in [1.807, 2.05) is 42.5 Å². The first-order valence-corrected chi connectivity index (χ1v) is 12.9. The van der Waals surface area contributed by atoms with Crippen LogP contribution in [0, 0.1) is 5.82 Å². The first kappa shape index (κ1) is 23.4. The second-order valence-corrected chi connectivity index (χ2v) is 9.65. The number of fused-ring (bicyclic) bond motifs is 3. The Bertz CT molecular complexity index is 1580. The summed E-state index contributed by atoms with van der Waals surface area (Å²) < 4.78 is 15.3. The number of halogens is 1. The molecule has 1 atom stereocenters. The van der Waals surface area contributed by atoms with E-state index in [0.29, 0.717) is 40.2 Å². The summed E-state index contributed by atoms with van der Waals surface area (Å²) in [5, 5.41) is 1.53. The molecule has 6 rings (SSSR count). The lowest BCUT2D eigenvalue weighted by molar-refractivity contribution is 0.0968. The number of Topliss-reactive ketones (excluding diaryl/α,β-unsaturated/α-hetero) is 1. The van der Waals surface area contributed by atoms with Crippen molar-refractivity contribution in [2.75, 3.05) is 13.1 Å². The molecule has 6 nitrogen and oxygen atoms in total. The Morgan fingerprint density at radius 2 is 1.97 bits per heavy atom. The Hall–Kier alpha value is -3.97. The fraction of sp³-hybridized carbons (Fsp3) is 0.267. The number of carbonyl (C=O) groups is 1. The van der Waals surface area contributed by atoms with E-state index in [1.165, 1.54) is 19.0 Å². The van der Waals surface area contributed by atoms with Gasteiger partial charge < -0.3 is 9.88 Å². The molecule has 0 amide bonds. The normalized spacial score (nSPS) is 16.1. The standard InChI is InChI=1S/C30H28FN5O/c1-2-36-14-4-6-22(36)11-12-27(37)19-7-9-20(10-8-19)28-24(31)17-34-30-29(28)23-15-25(33-18-26(23)35-30)21-5-3-13-32-16-21/h3,5,7-10,13,15-18,22H,2,4,6,11-12,14H2,1H3,(H,34,35)/t22-/m0/s1. The molecule has 37 heavy (non-hydrogen) atoms. The van der Waals surface area contributed by atoms with Crippen LogP contribution < -0.4 is 0 Å². The van der Waals surface area contributed by atoms with Gasteiger partial charge in [-0.3, -0.25) is 14.8 Å². The lowest BCUT2D eigenvalue weighted by atomic mass is 9.97. The number of carbonyl (C=O) groups excluding carboxylic acids is 1. The molecule has 7 heteroatoms. The van der Waals surface area contributed by atoms with Crippen LogP contribution >= 0.6 is 0 Å². The number of pyridine rings is 3. The van der Waals surface area contributed by atoms with Crippen molar-refractivity contribution in [1.82, 2.24) is 24.8 Å². The molecular formula is C30H28FN5O. The van der Waals surface area contributed by atoms with E-state index in [4.69, 9.17) is 0 Å². The monoisotopic (exact) mass is 493 g/mol. The van der Waals surface area contributed by atoms with Gasteiger partial charge in [0, 0.05) is 52.3 Å². The Morgan fingerprint density at radius 3 is 2.76 bits per heavy atom. The predicted molar refractivity (Wildman–Crippen MR) is 144 cm³/mol. The summed E-state index contributed by atoms with van der Waals surface area (Å²) in [6.45, 7) is 4.34. The van der Waals surface area contributed by atoms with Crippen molar-refractivity contribution in [2.24, 2.45) is 0 Å². The topological polar surface area (TPSA) is 74.8 Å². The average molecular weight is 494 g/mol. The maximum Gasteiger partial charge on any atom is 0.162 e. The van der Waals surface area contributed by atoms with Crippen LogP contribution in [0.25, 0.3) is 44.3 Å². The molecule has 0 radical (unpaired) electrons. The summed E-state index contributed by atoms with van der Waals surface area (Å²) in [4.78, 5) is 31.7. The molecule has 1 fully saturated rings. The first-order valence-electron chi connectivity index (χ1n) is 12.9. The van der Waals surface area contributed by atoms with Crippen molar-refractivity contribution < 1.29 is 9.18 Å². The zero-order valence-corrected chi connectivity index (χ0v) is 20.7. The van der Waals surface area contributed by atoms with Gasteiger partial charge in [-0.15, -0.1) is 0 Å². The highest BCUT2D eigenvalue weighted by molar-refractivity contribution is 6.13. The summed E-state index contributed by atoms with van der Waals surface area (Å²) in [7, 11) is 0. The van der Waals surface area contributed by atoms with Crippen LogP contribution in [0.1, 0.15) is 43.0 Å². The van der Waals surface area contributed by atoms with Crippen LogP contribution in [0.15, 0.2) is 67.3 Å². The van der Waals surface area contributed by atoms with Crippen molar-refractivity contribution in [3.63, 3.8) is 0 Å². The van der Waals surface area contributed by atoms with Crippen molar-refractivity contribution in [2.45, 2.75) is 38.6 Å². The molecule has 0 unspecified atom stereocenters. The Morgan fingerprint density at radius 1 is 1.11 bits per heavy atom. The van der Waals surface area contributed by atoms with Gasteiger partial charge in [-0.05, 0) is 56.1 Å². The molecular weight excluding hydrogens is 465 g/mol. The minimum Gasteiger partial charge on any atom is -0.338 e. The summed E-state index contributed by atoms with van der Waals surface area (Å²) in [5.41, 5.74) is 4.83. The number of rotatable bonds is 7. The fourth-order valence-corrected chi connectivity index (χ4v) is 5.59. The molecule has 1 N–H and O–H groups in total. The van der Waals surface area contributed by atoms with Crippen LogP contribution in [0.2, 0.25) is 0 Å². The molecule has 0 saturated carbocycles. The van der Waals surface area contributed by atoms with Crippen LogP contribution in [-0.4, -0.2) is 49.8 Å². The lowest BCUT2D eigenvalue weighted by Crippen LogP contribution is -2.29. The van der Waals surface area contributed by atoms with E-state index in [-0.39, 0.29) is 5.78 Å². The highest BCUT2D eigenvalue weighted by atomic mass is 19.1. The molecule has 1 saturated heterocycles. The van der Waals surface area contributed by atoms with E-state index < -0.39 is 5.82 Å². The number of aromatic nitrogens is 4. The zero-order valence-electron chi connectivity index (χ0n) is 20.7.